The molecule has 1 aliphatic heterocycles. The second-order valence-corrected chi connectivity index (χ2v) is 2.82. The molecule has 0 fully saturated rings. The summed E-state index contributed by atoms with van der Waals surface area (Å²) >= 11 is 5.72. The van der Waals surface area contributed by atoms with Crippen LogP contribution in [0.25, 0.3) is 0 Å². The molecule has 0 aromatic carbocycles. The highest BCUT2D eigenvalue weighted by Crippen LogP contribution is 2.27. The van der Waals surface area contributed by atoms with E-state index in [0.717, 1.165) is 0 Å². The van der Waals surface area contributed by atoms with Crippen molar-refractivity contribution in [1.29, 1.82) is 0 Å². The fraction of sp³-hybridized carbons (Fsp3) is 0.500. The van der Waals surface area contributed by atoms with Gasteiger partial charge in [0.05, 0.1) is 19.0 Å². The monoisotopic (exact) mass is 219 g/mol. The molecule has 1 aliphatic rings. The van der Waals surface area contributed by atoms with E-state index in [1.807, 2.05) is 0 Å². The van der Waals surface area contributed by atoms with Gasteiger partial charge in [0, 0.05) is 12.0 Å². The summed E-state index contributed by atoms with van der Waals surface area (Å²) < 4.78 is 15.3. The third-order valence-corrected chi connectivity index (χ3v) is 1.97. The average molecular weight is 220 g/mol. The van der Waals surface area contributed by atoms with Crippen molar-refractivity contribution in [3.05, 3.63) is 27.7 Å². The van der Waals surface area contributed by atoms with E-state index in [-0.39, 0.29) is 16.6 Å². The number of nitroso groups, excluding NO2 is 1. The molecular weight excluding hydrogens is 210 g/mol. The third kappa shape index (κ3) is 1.73. The first-order valence-corrected chi connectivity index (χ1v) is 4.14. The third-order valence-electron chi connectivity index (χ3n) is 1.72. The van der Waals surface area contributed by atoms with Gasteiger partial charge in [0.2, 0.25) is 5.76 Å². The summed E-state index contributed by atoms with van der Waals surface area (Å²) in [6, 6.07) is 0. The van der Waals surface area contributed by atoms with Crippen LogP contribution in [0.15, 0.2) is 16.6 Å². The maximum absolute atomic E-state index is 11.3. The van der Waals surface area contributed by atoms with Crippen LogP contribution in [0.5, 0.6) is 0 Å². The standard InChI is InChI=1S/C8H10ClNO4/c1-12-6-5(9)4-10(11)8(14-3)7(6)13-2/h8H,1-3H3/q+1. The van der Waals surface area contributed by atoms with Gasteiger partial charge in [-0.25, -0.2) is 0 Å². The predicted molar refractivity (Wildman–Crippen MR) is 48.1 cm³/mol. The Hall–Kier alpha value is -1.07. The highest BCUT2D eigenvalue weighted by Gasteiger charge is 2.40. The average Bonchev–Trinajstić information content (AvgIpc) is 2.16. The first-order chi connectivity index (χ1) is 6.65. The van der Waals surface area contributed by atoms with Crippen LogP contribution < -0.4 is 0 Å². The lowest BCUT2D eigenvalue weighted by molar-refractivity contribution is -0.581. The lowest BCUT2D eigenvalue weighted by Gasteiger charge is -2.15. The molecule has 5 nitrogen and oxygen atoms in total. The van der Waals surface area contributed by atoms with Gasteiger partial charge in [-0.2, -0.15) is 0 Å². The number of halogens is 1. The molecule has 14 heavy (non-hydrogen) atoms. The Morgan fingerprint density at radius 2 is 2.00 bits per heavy atom. The molecule has 0 N–H and O–H groups in total. The van der Waals surface area contributed by atoms with Gasteiger partial charge >= 0.3 is 12.4 Å². The molecule has 6 heteroatoms. The summed E-state index contributed by atoms with van der Waals surface area (Å²) in [7, 11) is 4.21. The van der Waals surface area contributed by atoms with Crippen LogP contribution in [0.2, 0.25) is 0 Å². The molecule has 0 saturated heterocycles. The molecule has 0 amide bonds. The molecular formula is C8H10ClNO4+. The van der Waals surface area contributed by atoms with E-state index in [9.17, 15) is 4.91 Å². The Morgan fingerprint density at radius 3 is 2.43 bits per heavy atom. The van der Waals surface area contributed by atoms with Crippen LogP contribution in [-0.4, -0.2) is 32.3 Å². The number of ether oxygens (including phenoxy) is 3. The van der Waals surface area contributed by atoms with Crippen molar-refractivity contribution in [2.24, 2.45) is 0 Å². The normalized spacial score (nSPS) is 22.1. The highest BCUT2D eigenvalue weighted by atomic mass is 35.5. The molecule has 1 rings (SSSR count). The van der Waals surface area contributed by atoms with Crippen LogP contribution in [0.1, 0.15) is 0 Å². The molecule has 1 atom stereocenters. The molecule has 0 aliphatic carbocycles. The van der Waals surface area contributed by atoms with E-state index >= 15 is 0 Å². The number of hydrogen-bond donors (Lipinski definition) is 0. The first kappa shape index (κ1) is 11.0. The largest absolute Gasteiger partial charge is 0.491 e. The Balaban J connectivity index is 3.16. The van der Waals surface area contributed by atoms with Crippen molar-refractivity contribution in [3.63, 3.8) is 0 Å². The van der Waals surface area contributed by atoms with Crippen molar-refractivity contribution in [2.75, 3.05) is 21.3 Å². The Kier molecular flexibility index (Phi) is 3.49. The van der Waals surface area contributed by atoms with Gasteiger partial charge in [-0.05, 0) is 0 Å². The maximum Gasteiger partial charge on any atom is 0.374 e. The van der Waals surface area contributed by atoms with Crippen LogP contribution in [0.3, 0.4) is 0 Å². The van der Waals surface area contributed by atoms with Crippen molar-refractivity contribution in [1.82, 2.24) is 0 Å². The SMILES string of the molecule is COC1=C(OC)C(OC)[N+](=O)[C]=C1Cl. The van der Waals surface area contributed by atoms with Gasteiger partial charge in [-0.3, -0.25) is 0 Å². The fourth-order valence-electron chi connectivity index (χ4n) is 1.12. The van der Waals surface area contributed by atoms with Crippen LogP contribution in [-0.2, 0) is 14.2 Å². The molecule has 1 radical (unpaired) electrons. The quantitative estimate of drug-likeness (QED) is 0.668. The highest BCUT2D eigenvalue weighted by molar-refractivity contribution is 6.31. The van der Waals surface area contributed by atoms with Gasteiger partial charge in [0.25, 0.3) is 0 Å². The minimum absolute atomic E-state index is 0.0626. The van der Waals surface area contributed by atoms with Crippen LogP contribution >= 0.6 is 11.6 Å². The summed E-state index contributed by atoms with van der Waals surface area (Å²) in [4.78, 5) is 11.3. The molecule has 1 heterocycles. The molecule has 0 aromatic heterocycles. The zero-order valence-electron chi connectivity index (χ0n) is 8.04. The Labute approximate surface area is 86.5 Å². The van der Waals surface area contributed by atoms with Gasteiger partial charge < -0.3 is 14.2 Å². The van der Waals surface area contributed by atoms with Crippen molar-refractivity contribution in [3.8, 4) is 0 Å². The summed E-state index contributed by atoms with van der Waals surface area (Å²) in [6.45, 7) is 0. The molecule has 0 aromatic rings. The van der Waals surface area contributed by atoms with Crippen LogP contribution in [0.4, 0.5) is 0 Å². The van der Waals surface area contributed by atoms with E-state index in [4.69, 9.17) is 25.8 Å². The predicted octanol–water partition coefficient (Wildman–Crippen LogP) is 1.14. The number of allylic oxidation sites excluding steroid dienone is 1. The maximum atomic E-state index is 11.3. The smallest absolute Gasteiger partial charge is 0.374 e. The lowest BCUT2D eigenvalue weighted by Crippen LogP contribution is -2.30. The van der Waals surface area contributed by atoms with Crippen LogP contribution in [0, 0.1) is 11.1 Å². The molecule has 0 saturated carbocycles. The summed E-state index contributed by atoms with van der Waals surface area (Å²) in [5.41, 5.74) is 0. The Morgan fingerprint density at radius 1 is 1.36 bits per heavy atom. The number of rotatable bonds is 3. The summed E-state index contributed by atoms with van der Waals surface area (Å²) in [6.07, 6.45) is 1.41. The number of hydrogen-bond acceptors (Lipinski definition) is 4. The topological polar surface area (TPSA) is 47.8 Å². The van der Waals surface area contributed by atoms with Gasteiger partial charge in [0.15, 0.2) is 10.8 Å². The number of nitrogens with zero attached hydrogens (tertiary/aromatic N) is 1. The van der Waals surface area contributed by atoms with E-state index in [1.54, 1.807) is 0 Å². The van der Waals surface area contributed by atoms with E-state index in [0.29, 0.717) is 4.76 Å². The first-order valence-electron chi connectivity index (χ1n) is 3.76. The molecule has 1 unspecified atom stereocenters. The van der Waals surface area contributed by atoms with Gasteiger partial charge in [0.1, 0.15) is 0 Å². The second-order valence-electron chi connectivity index (χ2n) is 2.44. The zero-order chi connectivity index (χ0) is 10.7. The van der Waals surface area contributed by atoms with Crippen molar-refractivity contribution < 1.29 is 19.0 Å². The Bertz CT molecular complexity index is 310. The zero-order valence-corrected chi connectivity index (χ0v) is 8.79. The molecule has 77 valence electrons. The second kappa shape index (κ2) is 4.43. The molecule has 0 bridgehead atoms. The van der Waals surface area contributed by atoms with Gasteiger partial charge in [-0.15, -0.1) is 0 Å². The summed E-state index contributed by atoms with van der Waals surface area (Å²) in [5, 5.41) is 0.0626. The lowest BCUT2D eigenvalue weighted by atomic mass is 10.3. The van der Waals surface area contributed by atoms with Gasteiger partial charge in [-0.1, -0.05) is 11.6 Å². The summed E-state index contributed by atoms with van der Waals surface area (Å²) in [5.74, 6) is 0.488. The minimum Gasteiger partial charge on any atom is -0.491 e. The molecule has 0 spiro atoms. The van der Waals surface area contributed by atoms with Crippen molar-refractivity contribution in [2.45, 2.75) is 6.23 Å². The minimum atomic E-state index is -0.905. The van der Waals surface area contributed by atoms with E-state index in [2.05, 4.69) is 6.20 Å². The van der Waals surface area contributed by atoms with E-state index < -0.39 is 6.23 Å². The van der Waals surface area contributed by atoms with E-state index in [1.165, 1.54) is 21.3 Å². The fourth-order valence-corrected chi connectivity index (χ4v) is 1.37. The number of methoxy groups -OCH3 is 3. The van der Waals surface area contributed by atoms with Crippen molar-refractivity contribution >= 4 is 11.6 Å².